The average molecular weight is 347 g/mol. The number of ether oxygens (including phenoxy) is 1. The van der Waals surface area contributed by atoms with Gasteiger partial charge in [0.2, 0.25) is 0 Å². The number of piperidine rings is 1. The number of aliphatic imine (C=N–C) groups is 1. The third kappa shape index (κ3) is 6.58. The lowest BCUT2D eigenvalue weighted by Crippen LogP contribution is -2.48. The maximum absolute atomic E-state index is 5.70. The summed E-state index contributed by atoms with van der Waals surface area (Å²) in [5.74, 6) is 1.83. The Kier molecular flexibility index (Phi) is 8.60. The molecule has 140 valence electrons. The number of rotatable bonds is 8. The molecule has 1 aromatic rings. The molecule has 5 heteroatoms. The first-order chi connectivity index (χ1) is 12.3. The van der Waals surface area contributed by atoms with Crippen molar-refractivity contribution in [1.29, 1.82) is 0 Å². The Morgan fingerprint density at radius 2 is 1.96 bits per heavy atom. The molecule has 0 bridgehead atoms. The zero-order valence-corrected chi connectivity index (χ0v) is 16.1. The van der Waals surface area contributed by atoms with Crippen molar-refractivity contribution in [3.63, 3.8) is 0 Å². The highest BCUT2D eigenvalue weighted by Gasteiger charge is 2.19. The molecule has 5 nitrogen and oxygen atoms in total. The predicted molar refractivity (Wildman–Crippen MR) is 105 cm³/mol. The summed E-state index contributed by atoms with van der Waals surface area (Å²) in [5.41, 5.74) is 1.12. The maximum Gasteiger partial charge on any atom is 0.191 e. The number of para-hydroxylation sites is 1. The lowest BCUT2D eigenvalue weighted by Gasteiger charge is -2.32. The summed E-state index contributed by atoms with van der Waals surface area (Å²) in [6, 6.07) is 8.65. The summed E-state index contributed by atoms with van der Waals surface area (Å²) >= 11 is 0. The summed E-state index contributed by atoms with van der Waals surface area (Å²) in [6.45, 7) is 12.1. The van der Waals surface area contributed by atoms with Crippen molar-refractivity contribution in [2.24, 2.45) is 4.99 Å². The zero-order chi connectivity index (χ0) is 17.9. The van der Waals surface area contributed by atoms with Gasteiger partial charge in [0.15, 0.2) is 5.96 Å². The van der Waals surface area contributed by atoms with Gasteiger partial charge in [0.1, 0.15) is 5.75 Å². The molecule has 2 N–H and O–H groups in total. The van der Waals surface area contributed by atoms with Crippen molar-refractivity contribution in [3.05, 3.63) is 29.8 Å². The molecule has 0 unspecified atom stereocenters. The SMILES string of the molecule is CCCN1CCC(NC(=NCc2ccccc2OCC)NCC)CC1. The molecule has 0 amide bonds. The second-order valence-electron chi connectivity index (χ2n) is 6.50. The van der Waals surface area contributed by atoms with E-state index in [0.717, 1.165) is 23.8 Å². The van der Waals surface area contributed by atoms with E-state index in [1.54, 1.807) is 0 Å². The highest BCUT2D eigenvalue weighted by molar-refractivity contribution is 5.80. The second kappa shape index (κ2) is 11.0. The summed E-state index contributed by atoms with van der Waals surface area (Å²) < 4.78 is 5.70. The number of nitrogens with zero attached hydrogens (tertiary/aromatic N) is 2. The Labute approximate surface area is 152 Å². The molecular weight excluding hydrogens is 312 g/mol. The minimum absolute atomic E-state index is 0.507. The first kappa shape index (κ1) is 19.6. The van der Waals surface area contributed by atoms with Crippen LogP contribution in [0.4, 0.5) is 0 Å². The van der Waals surface area contributed by atoms with Crippen LogP contribution in [-0.2, 0) is 6.54 Å². The normalized spacial score (nSPS) is 16.7. The fourth-order valence-corrected chi connectivity index (χ4v) is 3.23. The van der Waals surface area contributed by atoms with Crippen molar-refractivity contribution in [2.75, 3.05) is 32.8 Å². The number of likely N-dealkylation sites (tertiary alicyclic amines) is 1. The molecule has 0 saturated carbocycles. The van der Waals surface area contributed by atoms with Crippen LogP contribution in [0.3, 0.4) is 0 Å². The molecule has 0 spiro atoms. The van der Waals surface area contributed by atoms with Gasteiger partial charge in [0, 0.05) is 31.2 Å². The number of nitrogens with one attached hydrogen (secondary N) is 2. The van der Waals surface area contributed by atoms with E-state index in [4.69, 9.17) is 9.73 Å². The summed E-state index contributed by atoms with van der Waals surface area (Å²) in [4.78, 5) is 7.33. The van der Waals surface area contributed by atoms with E-state index in [-0.39, 0.29) is 0 Å². The third-order valence-electron chi connectivity index (χ3n) is 4.49. The molecule has 0 radical (unpaired) electrons. The van der Waals surface area contributed by atoms with Crippen LogP contribution < -0.4 is 15.4 Å². The predicted octanol–water partition coefficient (Wildman–Crippen LogP) is 3.01. The first-order valence-corrected chi connectivity index (χ1v) is 9.74. The fraction of sp³-hybridized carbons (Fsp3) is 0.650. The largest absolute Gasteiger partial charge is 0.494 e. The number of hydrogen-bond acceptors (Lipinski definition) is 3. The van der Waals surface area contributed by atoms with Gasteiger partial charge in [0.25, 0.3) is 0 Å². The molecule has 1 aliphatic heterocycles. The van der Waals surface area contributed by atoms with Gasteiger partial charge in [-0.2, -0.15) is 0 Å². The maximum atomic E-state index is 5.70. The van der Waals surface area contributed by atoms with Crippen LogP contribution in [0.1, 0.15) is 45.6 Å². The lowest BCUT2D eigenvalue weighted by atomic mass is 10.1. The molecule has 1 saturated heterocycles. The highest BCUT2D eigenvalue weighted by Crippen LogP contribution is 2.18. The van der Waals surface area contributed by atoms with Gasteiger partial charge in [-0.25, -0.2) is 4.99 Å². The van der Waals surface area contributed by atoms with Gasteiger partial charge in [-0.3, -0.25) is 0 Å². The van der Waals surface area contributed by atoms with Crippen LogP contribution >= 0.6 is 0 Å². The summed E-state index contributed by atoms with van der Waals surface area (Å²) in [5, 5.41) is 6.99. The smallest absolute Gasteiger partial charge is 0.191 e. The Morgan fingerprint density at radius 1 is 1.20 bits per heavy atom. The molecule has 1 aliphatic rings. The van der Waals surface area contributed by atoms with Crippen molar-refractivity contribution in [2.45, 2.75) is 52.6 Å². The Bertz CT molecular complexity index is 524. The van der Waals surface area contributed by atoms with E-state index in [1.165, 1.54) is 38.9 Å². The van der Waals surface area contributed by atoms with E-state index in [9.17, 15) is 0 Å². The molecule has 1 fully saturated rings. The monoisotopic (exact) mass is 346 g/mol. The quantitative estimate of drug-likeness (QED) is 0.561. The van der Waals surface area contributed by atoms with Gasteiger partial charge >= 0.3 is 0 Å². The van der Waals surface area contributed by atoms with Crippen LogP contribution in [-0.4, -0.2) is 49.7 Å². The van der Waals surface area contributed by atoms with Crippen LogP contribution in [0.25, 0.3) is 0 Å². The van der Waals surface area contributed by atoms with Crippen LogP contribution in [0, 0.1) is 0 Å². The van der Waals surface area contributed by atoms with Gasteiger partial charge < -0.3 is 20.3 Å². The molecular formula is C20H34N4O. The van der Waals surface area contributed by atoms with Crippen LogP contribution in [0.2, 0.25) is 0 Å². The van der Waals surface area contributed by atoms with E-state index in [2.05, 4.69) is 35.4 Å². The number of hydrogen-bond donors (Lipinski definition) is 2. The van der Waals surface area contributed by atoms with Crippen molar-refractivity contribution >= 4 is 5.96 Å². The topological polar surface area (TPSA) is 48.9 Å². The molecule has 0 aliphatic carbocycles. The average Bonchev–Trinajstić information content (AvgIpc) is 2.63. The molecule has 0 aromatic heterocycles. The van der Waals surface area contributed by atoms with Crippen molar-refractivity contribution in [1.82, 2.24) is 15.5 Å². The van der Waals surface area contributed by atoms with Crippen molar-refractivity contribution < 1.29 is 4.74 Å². The molecule has 1 aromatic carbocycles. The Morgan fingerprint density at radius 3 is 2.64 bits per heavy atom. The van der Waals surface area contributed by atoms with E-state index in [0.29, 0.717) is 19.2 Å². The minimum Gasteiger partial charge on any atom is -0.494 e. The Balaban J connectivity index is 1.93. The standard InChI is InChI=1S/C20H34N4O/c1-4-13-24-14-11-18(12-15-24)23-20(21-5-2)22-16-17-9-7-8-10-19(17)25-6-3/h7-10,18H,4-6,11-16H2,1-3H3,(H2,21,22,23). The molecule has 1 heterocycles. The van der Waals surface area contributed by atoms with Gasteiger partial charge in [-0.15, -0.1) is 0 Å². The third-order valence-corrected chi connectivity index (χ3v) is 4.49. The van der Waals surface area contributed by atoms with Gasteiger partial charge in [-0.1, -0.05) is 25.1 Å². The minimum atomic E-state index is 0.507. The van der Waals surface area contributed by atoms with Gasteiger partial charge in [-0.05, 0) is 45.7 Å². The summed E-state index contributed by atoms with van der Waals surface area (Å²) in [6.07, 6.45) is 3.60. The lowest BCUT2D eigenvalue weighted by molar-refractivity contribution is 0.206. The van der Waals surface area contributed by atoms with Crippen molar-refractivity contribution in [3.8, 4) is 5.75 Å². The van der Waals surface area contributed by atoms with Crippen LogP contribution in [0.5, 0.6) is 5.75 Å². The second-order valence-corrected chi connectivity index (χ2v) is 6.50. The Hall–Kier alpha value is -1.75. The summed E-state index contributed by atoms with van der Waals surface area (Å²) in [7, 11) is 0. The van der Waals surface area contributed by atoms with Crippen LogP contribution in [0.15, 0.2) is 29.3 Å². The zero-order valence-electron chi connectivity index (χ0n) is 16.1. The fourth-order valence-electron chi connectivity index (χ4n) is 3.23. The van der Waals surface area contributed by atoms with E-state index >= 15 is 0 Å². The van der Waals surface area contributed by atoms with E-state index < -0.39 is 0 Å². The number of guanidine groups is 1. The first-order valence-electron chi connectivity index (χ1n) is 9.74. The molecule has 0 atom stereocenters. The molecule has 2 rings (SSSR count). The van der Waals surface area contributed by atoms with E-state index in [1.807, 2.05) is 25.1 Å². The highest BCUT2D eigenvalue weighted by atomic mass is 16.5. The van der Waals surface area contributed by atoms with Gasteiger partial charge in [0.05, 0.1) is 13.2 Å². The molecule has 25 heavy (non-hydrogen) atoms. The number of benzene rings is 1.